The highest BCUT2D eigenvalue weighted by atomic mass is 79.9. The molecular weight excluding hydrogens is 564 g/mol. The van der Waals surface area contributed by atoms with Crippen LogP contribution in [-0.2, 0) is 25.5 Å². The van der Waals surface area contributed by atoms with Gasteiger partial charge in [0.1, 0.15) is 17.1 Å². The van der Waals surface area contributed by atoms with Gasteiger partial charge >= 0.3 is 5.97 Å². The van der Waals surface area contributed by atoms with Crippen molar-refractivity contribution >= 4 is 45.5 Å². The molecule has 0 spiro atoms. The van der Waals surface area contributed by atoms with Crippen molar-refractivity contribution in [3.8, 4) is 0 Å². The Hall–Kier alpha value is -3.62. The van der Waals surface area contributed by atoms with Crippen LogP contribution in [0.1, 0.15) is 29.7 Å². The number of β-lactam (4-membered cyclic amide) rings is 1. The van der Waals surface area contributed by atoms with Crippen LogP contribution in [0, 0.1) is 0 Å². The first kappa shape index (κ1) is 26.0. The first-order valence-electron chi connectivity index (χ1n) is 12.1. The molecule has 0 radical (unpaired) electrons. The van der Waals surface area contributed by atoms with Crippen LogP contribution in [0.5, 0.6) is 0 Å². The number of hydrogen-bond acceptors (Lipinski definition) is 5. The topological polar surface area (TPSA) is 75.7 Å². The van der Waals surface area contributed by atoms with E-state index in [0.717, 1.165) is 21.6 Å². The molecule has 2 heterocycles. The lowest BCUT2D eigenvalue weighted by Gasteiger charge is -2.50. The van der Waals surface area contributed by atoms with Crippen LogP contribution in [0.4, 0.5) is 0 Å². The van der Waals surface area contributed by atoms with E-state index in [1.807, 2.05) is 91.0 Å². The van der Waals surface area contributed by atoms with Gasteiger partial charge in [-0.3, -0.25) is 14.5 Å². The van der Waals surface area contributed by atoms with Gasteiger partial charge in [0.15, 0.2) is 6.10 Å². The Morgan fingerprint density at radius 1 is 0.974 bits per heavy atom. The van der Waals surface area contributed by atoms with Gasteiger partial charge in [0.2, 0.25) is 5.91 Å². The Labute approximate surface area is 233 Å². The lowest BCUT2D eigenvalue weighted by Crippen LogP contribution is -2.70. The molecule has 1 saturated heterocycles. The fraction of sp³-hybridized carbons (Fsp3) is 0.167. The Kier molecular flexibility index (Phi) is 7.81. The monoisotopic (exact) mass is 588 g/mol. The average molecular weight is 590 g/mol. The first-order chi connectivity index (χ1) is 18.5. The van der Waals surface area contributed by atoms with Gasteiger partial charge < -0.3 is 10.1 Å². The van der Waals surface area contributed by atoms with Gasteiger partial charge in [-0.15, -0.1) is 0 Å². The fourth-order valence-electron chi connectivity index (χ4n) is 4.58. The van der Waals surface area contributed by atoms with E-state index < -0.39 is 23.5 Å². The summed E-state index contributed by atoms with van der Waals surface area (Å²) in [5.41, 5.74) is 3.33. The van der Waals surface area contributed by atoms with E-state index in [4.69, 9.17) is 4.74 Å². The molecule has 5 rings (SSSR count). The standard InChI is InChI=1S/C30H25BrN2O4S/c1-19-23(18-31)38-29-25(32-24(34)17-20-11-5-2-6-12-20)28(35)33(29)26(19)30(36)37-27(21-13-7-3-8-14-21)22-15-9-4-10-16-22/h2-16,18,25,27,29H,17H2,1H3,(H,32,34)/t25?,29-/m1/s1. The van der Waals surface area contributed by atoms with Crippen molar-refractivity contribution < 1.29 is 19.1 Å². The molecule has 2 aliphatic rings. The van der Waals surface area contributed by atoms with Crippen molar-refractivity contribution in [3.05, 3.63) is 129 Å². The van der Waals surface area contributed by atoms with Crippen LogP contribution < -0.4 is 5.32 Å². The number of carbonyl (C=O) groups excluding carboxylic acids is 3. The molecule has 8 heteroatoms. The molecule has 0 bridgehead atoms. The maximum Gasteiger partial charge on any atom is 0.356 e. The number of nitrogens with zero attached hydrogens (tertiary/aromatic N) is 1. The highest BCUT2D eigenvalue weighted by Gasteiger charge is 2.55. The summed E-state index contributed by atoms with van der Waals surface area (Å²) in [4.78, 5) is 43.7. The van der Waals surface area contributed by atoms with Gasteiger partial charge in [-0.2, -0.15) is 0 Å². The first-order valence-corrected chi connectivity index (χ1v) is 13.9. The highest BCUT2D eigenvalue weighted by molar-refractivity contribution is 9.11. The molecule has 1 N–H and O–H groups in total. The maximum atomic E-state index is 13.7. The summed E-state index contributed by atoms with van der Waals surface area (Å²) in [6, 6.07) is 27.6. The zero-order valence-electron chi connectivity index (χ0n) is 20.5. The molecule has 6 nitrogen and oxygen atoms in total. The maximum absolute atomic E-state index is 13.7. The summed E-state index contributed by atoms with van der Waals surface area (Å²) in [5, 5.41) is 2.40. The fourth-order valence-corrected chi connectivity index (χ4v) is 6.47. The van der Waals surface area contributed by atoms with Gasteiger partial charge in [-0.25, -0.2) is 4.79 Å². The second-order valence-electron chi connectivity index (χ2n) is 8.98. The average Bonchev–Trinajstić information content (AvgIpc) is 2.95. The van der Waals surface area contributed by atoms with Gasteiger partial charge in [-0.05, 0) is 34.2 Å². The number of benzene rings is 3. The number of fused-ring (bicyclic) bond motifs is 1. The Morgan fingerprint density at radius 2 is 1.53 bits per heavy atom. The lowest BCUT2D eigenvalue weighted by molar-refractivity contribution is -0.154. The van der Waals surface area contributed by atoms with Crippen LogP contribution >= 0.6 is 27.7 Å². The Balaban J connectivity index is 1.39. The summed E-state index contributed by atoms with van der Waals surface area (Å²) in [5.74, 6) is -1.18. The van der Waals surface area contributed by atoms with E-state index in [0.29, 0.717) is 5.57 Å². The third-order valence-electron chi connectivity index (χ3n) is 6.50. The summed E-state index contributed by atoms with van der Waals surface area (Å²) in [6.45, 7) is 1.79. The summed E-state index contributed by atoms with van der Waals surface area (Å²) in [6.07, 6.45) is -0.477. The number of carbonyl (C=O) groups is 3. The van der Waals surface area contributed by atoms with Crippen molar-refractivity contribution in [2.75, 3.05) is 0 Å². The molecule has 0 aliphatic carbocycles. The second-order valence-corrected chi connectivity index (χ2v) is 10.6. The number of esters is 1. The van der Waals surface area contributed by atoms with Gasteiger partial charge in [0, 0.05) is 4.91 Å². The smallest absolute Gasteiger partial charge is 0.356 e. The molecule has 3 aromatic rings. The predicted molar refractivity (Wildman–Crippen MR) is 151 cm³/mol. The van der Waals surface area contributed by atoms with E-state index in [2.05, 4.69) is 21.2 Å². The molecule has 2 aliphatic heterocycles. The normalized spacial score (nSPS) is 19.7. The number of nitrogens with one attached hydrogen (secondary N) is 1. The largest absolute Gasteiger partial charge is 0.448 e. The van der Waals surface area contributed by atoms with E-state index >= 15 is 0 Å². The molecular formula is C30H25BrN2O4S. The molecule has 1 unspecified atom stereocenters. The van der Waals surface area contributed by atoms with Crippen molar-refractivity contribution in [3.63, 3.8) is 0 Å². The molecule has 1 fully saturated rings. The molecule has 2 amide bonds. The van der Waals surface area contributed by atoms with Crippen LogP contribution in [0.3, 0.4) is 0 Å². The Morgan fingerprint density at radius 3 is 2.08 bits per heavy atom. The summed E-state index contributed by atoms with van der Waals surface area (Å²) >= 11 is 4.82. The minimum Gasteiger partial charge on any atom is -0.448 e. The predicted octanol–water partition coefficient (Wildman–Crippen LogP) is 5.47. The number of hydrogen-bond donors (Lipinski definition) is 1. The number of amides is 2. The number of rotatable bonds is 7. The minimum absolute atomic E-state index is 0.169. The quantitative estimate of drug-likeness (QED) is 0.292. The summed E-state index contributed by atoms with van der Waals surface area (Å²) < 4.78 is 6.09. The van der Waals surface area contributed by atoms with Crippen molar-refractivity contribution in [1.82, 2.24) is 10.2 Å². The SMILES string of the molecule is CC1=C(C(=O)OC(c2ccccc2)c2ccccc2)N2C(=O)C(NC(=O)Cc3ccccc3)[C@H]2SC1=CBr. The molecule has 3 aromatic carbocycles. The van der Waals surface area contributed by atoms with Crippen LogP contribution in [0.15, 0.2) is 112 Å². The minimum atomic E-state index is -0.742. The zero-order chi connectivity index (χ0) is 26.6. The van der Waals surface area contributed by atoms with Crippen molar-refractivity contribution in [1.29, 1.82) is 0 Å². The number of ether oxygens (including phenoxy) is 1. The van der Waals surface area contributed by atoms with E-state index in [9.17, 15) is 14.4 Å². The van der Waals surface area contributed by atoms with Gasteiger partial charge in [-0.1, -0.05) is 119 Å². The van der Waals surface area contributed by atoms with Gasteiger partial charge in [0.05, 0.1) is 6.42 Å². The number of allylic oxidation sites excluding steroid dienone is 1. The Bertz CT molecular complexity index is 1370. The summed E-state index contributed by atoms with van der Waals surface area (Å²) in [7, 11) is 0. The molecule has 2 atom stereocenters. The third kappa shape index (κ3) is 5.19. The lowest BCUT2D eigenvalue weighted by atomic mass is 10.0. The highest BCUT2D eigenvalue weighted by Crippen LogP contribution is 2.47. The zero-order valence-corrected chi connectivity index (χ0v) is 22.9. The molecule has 192 valence electrons. The van der Waals surface area contributed by atoms with E-state index in [1.165, 1.54) is 16.7 Å². The molecule has 38 heavy (non-hydrogen) atoms. The van der Waals surface area contributed by atoms with Crippen molar-refractivity contribution in [2.45, 2.75) is 30.9 Å². The number of halogens is 1. The van der Waals surface area contributed by atoms with E-state index in [1.54, 1.807) is 11.9 Å². The van der Waals surface area contributed by atoms with E-state index in [-0.39, 0.29) is 23.9 Å². The molecule has 0 saturated carbocycles. The van der Waals surface area contributed by atoms with Crippen molar-refractivity contribution in [2.24, 2.45) is 0 Å². The van der Waals surface area contributed by atoms with Crippen LogP contribution in [0.2, 0.25) is 0 Å². The van der Waals surface area contributed by atoms with Crippen LogP contribution in [-0.4, -0.2) is 34.1 Å². The second kappa shape index (κ2) is 11.4. The van der Waals surface area contributed by atoms with Gasteiger partial charge in [0.25, 0.3) is 5.91 Å². The molecule has 0 aromatic heterocycles. The van der Waals surface area contributed by atoms with Crippen LogP contribution in [0.25, 0.3) is 0 Å². The number of thioether (sulfide) groups is 1. The third-order valence-corrected chi connectivity index (χ3v) is 8.67.